The Labute approximate surface area is 207 Å². The van der Waals surface area contributed by atoms with Crippen molar-refractivity contribution in [2.75, 3.05) is 13.1 Å². The van der Waals surface area contributed by atoms with Gasteiger partial charge in [0.25, 0.3) is 11.8 Å². The van der Waals surface area contributed by atoms with Gasteiger partial charge in [0.15, 0.2) is 0 Å². The lowest BCUT2D eigenvalue weighted by Crippen LogP contribution is -2.42. The number of nitrogens with zero attached hydrogens (tertiary/aromatic N) is 2. The Bertz CT molecular complexity index is 830. The van der Waals surface area contributed by atoms with Crippen LogP contribution in [0.25, 0.3) is 0 Å². The lowest BCUT2D eigenvalue weighted by molar-refractivity contribution is -0.127. The minimum Gasteiger partial charge on any atom is -0.351 e. The SMILES string of the molecule is CC(C)(C)NC(=O)CCN1C(=O)/C(=C2\SC(=S)N(CCC(=O)NC(C)(C)C)C2=O)SC1=S. The number of nitrogens with one attached hydrogen (secondary N) is 2. The first kappa shape index (κ1) is 26.7. The molecule has 0 aromatic heterocycles. The topological polar surface area (TPSA) is 98.8 Å². The van der Waals surface area contributed by atoms with Crippen LogP contribution in [-0.2, 0) is 19.2 Å². The minimum atomic E-state index is -0.408. The van der Waals surface area contributed by atoms with Gasteiger partial charge in [0.1, 0.15) is 8.64 Å². The van der Waals surface area contributed by atoms with Crippen LogP contribution in [0.15, 0.2) is 9.81 Å². The molecule has 2 rings (SSSR count). The summed E-state index contributed by atoms with van der Waals surface area (Å²) in [4.78, 5) is 53.1. The maximum atomic E-state index is 12.9. The number of hydrogen-bond acceptors (Lipinski definition) is 8. The maximum absolute atomic E-state index is 12.9. The van der Waals surface area contributed by atoms with E-state index < -0.39 is 11.8 Å². The fourth-order valence-electron chi connectivity index (χ4n) is 2.84. The molecule has 2 aliphatic rings. The Morgan fingerprint density at radius 3 is 1.34 bits per heavy atom. The Hall–Kier alpha value is -1.50. The molecule has 2 saturated heterocycles. The van der Waals surface area contributed by atoms with Crippen molar-refractivity contribution in [3.8, 4) is 0 Å². The van der Waals surface area contributed by atoms with Crippen LogP contribution in [0.1, 0.15) is 54.4 Å². The monoisotopic (exact) mass is 516 g/mol. The van der Waals surface area contributed by atoms with Gasteiger partial charge in [0.2, 0.25) is 11.8 Å². The second-order valence-corrected chi connectivity index (χ2v) is 12.7. The summed E-state index contributed by atoms with van der Waals surface area (Å²) in [6.45, 7) is 11.5. The highest BCUT2D eigenvalue weighted by molar-refractivity contribution is 8.29. The fourth-order valence-corrected chi connectivity index (χ4v) is 5.62. The molecule has 4 amide bonds. The molecular weight excluding hydrogens is 489 g/mol. The Morgan fingerprint density at radius 1 is 0.750 bits per heavy atom. The molecule has 0 aromatic carbocycles. The van der Waals surface area contributed by atoms with Crippen molar-refractivity contribution in [2.24, 2.45) is 0 Å². The summed E-state index contributed by atoms with van der Waals surface area (Å²) < 4.78 is 0.590. The molecule has 0 atom stereocenters. The Morgan fingerprint density at radius 2 is 1.06 bits per heavy atom. The number of carbonyl (C=O) groups excluding carboxylic acids is 4. The summed E-state index contributed by atoms with van der Waals surface area (Å²) in [6.07, 6.45) is 0.196. The van der Waals surface area contributed by atoms with Crippen LogP contribution < -0.4 is 10.6 Å². The number of rotatable bonds is 6. The van der Waals surface area contributed by atoms with Crippen LogP contribution in [0.5, 0.6) is 0 Å². The summed E-state index contributed by atoms with van der Waals surface area (Å²) >= 11 is 12.7. The van der Waals surface area contributed by atoms with E-state index in [1.165, 1.54) is 9.80 Å². The smallest absolute Gasteiger partial charge is 0.267 e. The van der Waals surface area contributed by atoms with E-state index in [1.54, 1.807) is 0 Å². The van der Waals surface area contributed by atoms with Crippen molar-refractivity contribution in [3.63, 3.8) is 0 Å². The van der Waals surface area contributed by atoms with Gasteiger partial charge in [-0.3, -0.25) is 29.0 Å². The van der Waals surface area contributed by atoms with Crippen LogP contribution in [0.4, 0.5) is 0 Å². The minimum absolute atomic E-state index is 0.0981. The van der Waals surface area contributed by atoms with Crippen molar-refractivity contribution in [3.05, 3.63) is 9.81 Å². The zero-order valence-corrected chi connectivity index (χ0v) is 22.3. The lowest BCUT2D eigenvalue weighted by Gasteiger charge is -2.21. The van der Waals surface area contributed by atoms with Crippen molar-refractivity contribution < 1.29 is 19.2 Å². The number of hydrogen-bond donors (Lipinski definition) is 2. The molecule has 32 heavy (non-hydrogen) atoms. The molecular formula is C20H28N4O4S4. The van der Waals surface area contributed by atoms with E-state index >= 15 is 0 Å². The molecule has 0 bridgehead atoms. The first-order valence-corrected chi connectivity index (χ1v) is 12.5. The van der Waals surface area contributed by atoms with Crippen LogP contribution in [0.3, 0.4) is 0 Å². The lowest BCUT2D eigenvalue weighted by atomic mass is 10.1. The van der Waals surface area contributed by atoms with E-state index in [4.69, 9.17) is 24.4 Å². The molecule has 0 aliphatic carbocycles. The third-order valence-corrected chi connectivity index (χ3v) is 7.08. The van der Waals surface area contributed by atoms with Crippen molar-refractivity contribution >= 4 is 80.2 Å². The van der Waals surface area contributed by atoms with E-state index in [1.807, 2.05) is 41.5 Å². The highest BCUT2D eigenvalue weighted by atomic mass is 32.2. The van der Waals surface area contributed by atoms with Crippen molar-refractivity contribution in [1.82, 2.24) is 20.4 Å². The molecule has 0 unspecified atom stereocenters. The average molecular weight is 517 g/mol. The molecule has 2 aliphatic heterocycles. The Kier molecular flexibility index (Phi) is 8.52. The van der Waals surface area contributed by atoms with E-state index in [9.17, 15) is 19.2 Å². The van der Waals surface area contributed by atoms with E-state index in [0.717, 1.165) is 23.5 Å². The standard InChI is InChI=1S/C20H28N4O4S4/c1-19(2,3)21-11(25)7-9-23-15(27)13(31-17(23)29)14-16(28)24(18(30)32-14)10-8-12(26)22-20(4,5)6/h7-10H2,1-6H3,(H,21,25)(H,22,26)/b14-13+. The molecule has 0 saturated carbocycles. The molecule has 12 heteroatoms. The Balaban J connectivity index is 2.05. The quantitative estimate of drug-likeness (QED) is 0.411. The molecule has 2 N–H and O–H groups in total. The first-order chi connectivity index (χ1) is 14.6. The zero-order valence-electron chi connectivity index (χ0n) is 19.0. The van der Waals surface area contributed by atoms with Gasteiger partial charge in [-0.25, -0.2) is 0 Å². The molecule has 0 aromatic rings. The summed E-state index contributed by atoms with van der Waals surface area (Å²) in [7, 11) is 0. The second-order valence-electron chi connectivity index (χ2n) is 9.40. The van der Waals surface area contributed by atoms with Gasteiger partial charge in [-0.1, -0.05) is 48.0 Å². The largest absolute Gasteiger partial charge is 0.351 e. The maximum Gasteiger partial charge on any atom is 0.267 e. The zero-order chi connectivity index (χ0) is 24.4. The van der Waals surface area contributed by atoms with Gasteiger partial charge in [-0.05, 0) is 41.5 Å². The van der Waals surface area contributed by atoms with Gasteiger partial charge >= 0.3 is 0 Å². The highest BCUT2D eigenvalue weighted by Gasteiger charge is 2.42. The summed E-state index contributed by atoms with van der Waals surface area (Å²) in [6, 6.07) is 0. The molecule has 176 valence electrons. The van der Waals surface area contributed by atoms with E-state index in [0.29, 0.717) is 8.64 Å². The first-order valence-electron chi connectivity index (χ1n) is 10.0. The molecule has 2 heterocycles. The second kappa shape index (κ2) is 10.2. The van der Waals surface area contributed by atoms with E-state index in [-0.39, 0.29) is 58.6 Å². The molecule has 8 nitrogen and oxygen atoms in total. The predicted octanol–water partition coefficient (Wildman–Crippen LogP) is 2.53. The van der Waals surface area contributed by atoms with Gasteiger partial charge in [-0.15, -0.1) is 0 Å². The van der Waals surface area contributed by atoms with Gasteiger partial charge < -0.3 is 10.6 Å². The predicted molar refractivity (Wildman–Crippen MR) is 136 cm³/mol. The third-order valence-electron chi connectivity index (χ3n) is 4.06. The molecule has 2 fully saturated rings. The molecule has 0 radical (unpaired) electrons. The van der Waals surface area contributed by atoms with Gasteiger partial charge in [0, 0.05) is 37.0 Å². The van der Waals surface area contributed by atoms with Crippen LogP contribution in [0, 0.1) is 0 Å². The summed E-state index contributed by atoms with van der Waals surface area (Å²) in [5.74, 6) is -1.19. The van der Waals surface area contributed by atoms with Crippen LogP contribution in [0.2, 0.25) is 0 Å². The highest BCUT2D eigenvalue weighted by Crippen LogP contribution is 2.42. The molecule has 0 spiro atoms. The number of amides is 4. The average Bonchev–Trinajstić information content (AvgIpc) is 3.04. The normalized spacial score (nSPS) is 19.8. The van der Waals surface area contributed by atoms with Crippen LogP contribution in [-0.4, -0.2) is 66.2 Å². The number of thiocarbonyl (C=S) groups is 2. The van der Waals surface area contributed by atoms with E-state index in [2.05, 4.69) is 10.6 Å². The fraction of sp³-hybridized carbons (Fsp3) is 0.600. The summed E-state index contributed by atoms with van der Waals surface area (Å²) in [5.41, 5.74) is -0.741. The number of thioether (sulfide) groups is 2. The number of carbonyl (C=O) groups is 4. The van der Waals surface area contributed by atoms with Crippen LogP contribution >= 0.6 is 48.0 Å². The third kappa shape index (κ3) is 7.26. The van der Waals surface area contributed by atoms with Crippen molar-refractivity contribution in [2.45, 2.75) is 65.5 Å². The van der Waals surface area contributed by atoms with Gasteiger partial charge in [-0.2, -0.15) is 0 Å². The van der Waals surface area contributed by atoms with Gasteiger partial charge in [0.05, 0.1) is 9.81 Å². The summed E-state index contributed by atoms with van der Waals surface area (Å²) in [5, 5.41) is 5.68. The van der Waals surface area contributed by atoms with Crippen molar-refractivity contribution in [1.29, 1.82) is 0 Å².